The van der Waals surface area contributed by atoms with Crippen LogP contribution in [0.4, 0.5) is 0 Å². The monoisotopic (exact) mass is 342 g/mol. The van der Waals surface area contributed by atoms with Crippen molar-refractivity contribution in [3.05, 3.63) is 24.3 Å². The third-order valence-corrected chi connectivity index (χ3v) is 4.36. The standard InChI is InChI=1S/C19H34O3S/c1-2-15-22-16-12-10-8-6-4-3-5-7-9-11-13-17-23-18-14-19(20)21/h4,6,10,12H,2-3,5,7-9,11,13-18H2,1H3,(H,20,21)/b6-4+,12-10+. The lowest BCUT2D eigenvalue weighted by molar-refractivity contribution is -0.136. The van der Waals surface area contributed by atoms with E-state index in [0.29, 0.717) is 0 Å². The number of carbonyl (C=O) groups is 1. The van der Waals surface area contributed by atoms with Gasteiger partial charge in [-0.2, -0.15) is 11.8 Å². The Kier molecular flexibility index (Phi) is 18.7. The summed E-state index contributed by atoms with van der Waals surface area (Å²) >= 11 is 1.76. The molecular formula is C19H34O3S. The van der Waals surface area contributed by atoms with Gasteiger partial charge in [-0.25, -0.2) is 0 Å². The van der Waals surface area contributed by atoms with Gasteiger partial charge in [0.15, 0.2) is 0 Å². The predicted molar refractivity (Wildman–Crippen MR) is 101 cm³/mol. The van der Waals surface area contributed by atoms with Gasteiger partial charge in [0.05, 0.1) is 13.0 Å². The molecule has 134 valence electrons. The molecule has 0 aliphatic rings. The fraction of sp³-hybridized carbons (Fsp3) is 0.737. The Morgan fingerprint density at radius 2 is 1.74 bits per heavy atom. The van der Waals surface area contributed by atoms with Gasteiger partial charge in [-0.1, -0.05) is 50.5 Å². The first kappa shape index (κ1) is 22.3. The van der Waals surface area contributed by atoms with Crippen molar-refractivity contribution in [3.8, 4) is 0 Å². The fourth-order valence-electron chi connectivity index (χ4n) is 2.01. The molecule has 0 saturated heterocycles. The molecule has 3 nitrogen and oxygen atoms in total. The molecule has 0 aromatic rings. The van der Waals surface area contributed by atoms with E-state index < -0.39 is 5.97 Å². The van der Waals surface area contributed by atoms with Gasteiger partial charge in [0.25, 0.3) is 0 Å². The van der Waals surface area contributed by atoms with Crippen LogP contribution >= 0.6 is 11.8 Å². The minimum atomic E-state index is -0.689. The highest BCUT2D eigenvalue weighted by Crippen LogP contribution is 2.10. The Balaban J connectivity index is 3.14. The number of ether oxygens (including phenoxy) is 1. The van der Waals surface area contributed by atoms with Crippen molar-refractivity contribution in [1.29, 1.82) is 0 Å². The largest absolute Gasteiger partial charge is 0.481 e. The molecule has 0 aromatic heterocycles. The number of thioether (sulfide) groups is 1. The summed E-state index contributed by atoms with van der Waals surface area (Å²) in [4.78, 5) is 10.3. The number of carboxylic acid groups (broad SMARTS) is 1. The SMILES string of the molecule is CCCOC/C=C/C/C=C/CCCCCCCSCCC(=O)O. The van der Waals surface area contributed by atoms with E-state index in [9.17, 15) is 4.79 Å². The van der Waals surface area contributed by atoms with E-state index >= 15 is 0 Å². The second kappa shape index (κ2) is 19.3. The lowest BCUT2D eigenvalue weighted by Crippen LogP contribution is -1.96. The quantitative estimate of drug-likeness (QED) is 0.281. The molecule has 0 bridgehead atoms. The number of hydrogen-bond donors (Lipinski definition) is 1. The van der Waals surface area contributed by atoms with Gasteiger partial charge in [-0.15, -0.1) is 0 Å². The van der Waals surface area contributed by atoms with Crippen LogP contribution in [0.15, 0.2) is 24.3 Å². The minimum Gasteiger partial charge on any atom is -0.481 e. The number of rotatable bonds is 17. The minimum absolute atomic E-state index is 0.290. The van der Waals surface area contributed by atoms with Crippen molar-refractivity contribution in [2.75, 3.05) is 24.7 Å². The van der Waals surface area contributed by atoms with E-state index in [-0.39, 0.29) is 6.42 Å². The maximum absolute atomic E-state index is 10.3. The summed E-state index contributed by atoms with van der Waals surface area (Å²) in [7, 11) is 0. The van der Waals surface area contributed by atoms with Crippen molar-refractivity contribution in [2.24, 2.45) is 0 Å². The molecule has 0 aliphatic heterocycles. The molecule has 0 atom stereocenters. The first-order valence-corrected chi connectivity index (χ1v) is 10.1. The third kappa shape index (κ3) is 21.3. The average molecular weight is 343 g/mol. The molecule has 0 radical (unpaired) electrons. The first-order valence-electron chi connectivity index (χ1n) is 8.94. The summed E-state index contributed by atoms with van der Waals surface area (Å²) in [6, 6.07) is 0. The Hall–Kier alpha value is -0.740. The maximum atomic E-state index is 10.3. The molecule has 0 amide bonds. The van der Waals surface area contributed by atoms with Crippen LogP contribution in [0.5, 0.6) is 0 Å². The molecule has 0 spiro atoms. The summed E-state index contributed by atoms with van der Waals surface area (Å²) in [5.41, 5.74) is 0. The number of hydrogen-bond acceptors (Lipinski definition) is 3. The van der Waals surface area contributed by atoms with Crippen molar-refractivity contribution >= 4 is 17.7 Å². The number of aliphatic carboxylic acids is 1. The average Bonchev–Trinajstić information content (AvgIpc) is 2.53. The second-order valence-electron chi connectivity index (χ2n) is 5.57. The van der Waals surface area contributed by atoms with E-state index in [1.807, 2.05) is 0 Å². The number of unbranched alkanes of at least 4 members (excludes halogenated alkanes) is 5. The van der Waals surface area contributed by atoms with E-state index in [4.69, 9.17) is 9.84 Å². The van der Waals surface area contributed by atoms with Gasteiger partial charge < -0.3 is 9.84 Å². The Morgan fingerprint density at radius 1 is 1.00 bits per heavy atom. The zero-order valence-corrected chi connectivity index (χ0v) is 15.5. The molecule has 0 rings (SSSR count). The van der Waals surface area contributed by atoms with Crippen molar-refractivity contribution in [3.63, 3.8) is 0 Å². The molecular weight excluding hydrogens is 308 g/mol. The first-order chi connectivity index (χ1) is 11.3. The van der Waals surface area contributed by atoms with Gasteiger partial charge in [0.1, 0.15) is 0 Å². The van der Waals surface area contributed by atoms with E-state index in [1.165, 1.54) is 38.5 Å². The maximum Gasteiger partial charge on any atom is 0.304 e. The molecule has 0 heterocycles. The zero-order valence-electron chi connectivity index (χ0n) is 14.7. The molecule has 0 aliphatic carbocycles. The molecule has 0 fully saturated rings. The van der Waals surface area contributed by atoms with Crippen LogP contribution in [0.2, 0.25) is 0 Å². The van der Waals surface area contributed by atoms with Crippen molar-refractivity contribution < 1.29 is 14.6 Å². The van der Waals surface area contributed by atoms with Crippen LogP contribution in [0.3, 0.4) is 0 Å². The lowest BCUT2D eigenvalue weighted by Gasteiger charge is -2.00. The fourth-order valence-corrected chi connectivity index (χ4v) is 2.94. The summed E-state index contributed by atoms with van der Waals surface area (Å²) in [5, 5.41) is 8.52. The summed E-state index contributed by atoms with van der Waals surface area (Å²) in [6.07, 6.45) is 18.6. The number of carboxylic acids is 1. The lowest BCUT2D eigenvalue weighted by atomic mass is 10.1. The molecule has 0 aromatic carbocycles. The molecule has 0 unspecified atom stereocenters. The van der Waals surface area contributed by atoms with E-state index in [2.05, 4.69) is 31.2 Å². The second-order valence-corrected chi connectivity index (χ2v) is 6.79. The predicted octanol–water partition coefficient (Wildman–Crippen LogP) is 5.46. The number of allylic oxidation sites excluding steroid dienone is 3. The Labute approximate surface area is 146 Å². The zero-order chi connectivity index (χ0) is 17.0. The summed E-state index contributed by atoms with van der Waals surface area (Å²) in [5.74, 6) is 1.16. The van der Waals surface area contributed by atoms with Gasteiger partial charge in [0, 0.05) is 12.4 Å². The Bertz CT molecular complexity index is 314. The van der Waals surface area contributed by atoms with E-state index in [0.717, 1.165) is 37.6 Å². The highest BCUT2D eigenvalue weighted by atomic mass is 32.2. The molecule has 0 saturated carbocycles. The van der Waals surface area contributed by atoms with Gasteiger partial charge in [0.2, 0.25) is 0 Å². The Morgan fingerprint density at radius 3 is 2.52 bits per heavy atom. The summed E-state index contributed by atoms with van der Waals surface area (Å²) < 4.78 is 5.37. The van der Waals surface area contributed by atoms with Crippen LogP contribution in [0.25, 0.3) is 0 Å². The highest BCUT2D eigenvalue weighted by Gasteiger charge is 1.96. The van der Waals surface area contributed by atoms with Crippen LogP contribution in [-0.2, 0) is 9.53 Å². The molecule has 4 heteroatoms. The van der Waals surface area contributed by atoms with Gasteiger partial charge >= 0.3 is 5.97 Å². The summed E-state index contributed by atoms with van der Waals surface area (Å²) in [6.45, 7) is 3.70. The third-order valence-electron chi connectivity index (χ3n) is 3.29. The van der Waals surface area contributed by atoms with Crippen LogP contribution in [-0.4, -0.2) is 35.8 Å². The topological polar surface area (TPSA) is 46.5 Å². The van der Waals surface area contributed by atoms with Crippen molar-refractivity contribution in [1.82, 2.24) is 0 Å². The molecule has 1 N–H and O–H groups in total. The van der Waals surface area contributed by atoms with Gasteiger partial charge in [-0.3, -0.25) is 4.79 Å². The molecule has 23 heavy (non-hydrogen) atoms. The van der Waals surface area contributed by atoms with Crippen molar-refractivity contribution in [2.45, 2.75) is 64.7 Å². The smallest absolute Gasteiger partial charge is 0.304 e. The normalized spacial score (nSPS) is 11.7. The highest BCUT2D eigenvalue weighted by molar-refractivity contribution is 7.99. The van der Waals surface area contributed by atoms with Gasteiger partial charge in [-0.05, 0) is 37.9 Å². The van der Waals surface area contributed by atoms with E-state index in [1.54, 1.807) is 11.8 Å². The van der Waals surface area contributed by atoms with Crippen LogP contribution in [0.1, 0.15) is 64.7 Å². The van der Waals surface area contributed by atoms with Crippen LogP contribution < -0.4 is 0 Å². The van der Waals surface area contributed by atoms with Crippen LogP contribution in [0, 0.1) is 0 Å².